The Hall–Kier alpha value is -3.78. The number of rotatable bonds is 4. The highest BCUT2D eigenvalue weighted by Crippen LogP contribution is 2.38. The molecule has 0 aliphatic heterocycles. The van der Waals surface area contributed by atoms with E-state index in [-0.39, 0.29) is 0 Å². The molecule has 2 heteroatoms. The summed E-state index contributed by atoms with van der Waals surface area (Å²) in [6.07, 6.45) is 0. The van der Waals surface area contributed by atoms with E-state index in [2.05, 4.69) is 72.8 Å². The summed E-state index contributed by atoms with van der Waals surface area (Å²) in [5.74, 6) is 1.73. The molecule has 5 aromatic rings. The monoisotopic (exact) mass is 390 g/mol. The first-order chi connectivity index (χ1) is 14.8. The van der Waals surface area contributed by atoms with Crippen LogP contribution in [0.15, 0.2) is 97.1 Å². The molecule has 0 bridgehead atoms. The molecule has 146 valence electrons. The fraction of sp³-hybridized carbons (Fsp3) is 0.0714. The largest absolute Gasteiger partial charge is 0.497 e. The van der Waals surface area contributed by atoms with Crippen LogP contribution in [0.25, 0.3) is 43.8 Å². The zero-order valence-electron chi connectivity index (χ0n) is 17.1. The average molecular weight is 390 g/mol. The van der Waals surface area contributed by atoms with Gasteiger partial charge in [0.2, 0.25) is 0 Å². The molecular weight excluding hydrogens is 368 g/mol. The third kappa shape index (κ3) is 3.17. The van der Waals surface area contributed by atoms with E-state index in [1.54, 1.807) is 14.2 Å². The molecule has 0 aliphatic rings. The number of benzene rings is 5. The van der Waals surface area contributed by atoms with Gasteiger partial charge in [-0.3, -0.25) is 0 Å². The van der Waals surface area contributed by atoms with Gasteiger partial charge in [0, 0.05) is 0 Å². The van der Waals surface area contributed by atoms with E-state index in [0.29, 0.717) is 0 Å². The maximum absolute atomic E-state index is 5.34. The van der Waals surface area contributed by atoms with E-state index in [4.69, 9.17) is 9.47 Å². The van der Waals surface area contributed by atoms with Crippen molar-refractivity contribution in [2.45, 2.75) is 0 Å². The van der Waals surface area contributed by atoms with Crippen molar-refractivity contribution in [3.63, 3.8) is 0 Å². The summed E-state index contributed by atoms with van der Waals surface area (Å²) >= 11 is 0. The second-order valence-electron chi connectivity index (χ2n) is 7.36. The normalized spacial score (nSPS) is 11.0. The minimum atomic E-state index is 0.864. The lowest BCUT2D eigenvalue weighted by Gasteiger charge is -2.14. The van der Waals surface area contributed by atoms with Crippen LogP contribution in [0.2, 0.25) is 0 Å². The van der Waals surface area contributed by atoms with Gasteiger partial charge in [0.05, 0.1) is 14.2 Å². The van der Waals surface area contributed by atoms with Gasteiger partial charge >= 0.3 is 0 Å². The van der Waals surface area contributed by atoms with Crippen LogP contribution in [0.3, 0.4) is 0 Å². The van der Waals surface area contributed by atoms with E-state index in [1.807, 2.05) is 24.3 Å². The van der Waals surface area contributed by atoms with Crippen LogP contribution in [0.1, 0.15) is 0 Å². The van der Waals surface area contributed by atoms with E-state index in [0.717, 1.165) is 11.5 Å². The molecule has 0 aromatic heterocycles. The molecule has 0 atom stereocenters. The average Bonchev–Trinajstić information content (AvgIpc) is 2.82. The Morgan fingerprint density at radius 2 is 0.867 bits per heavy atom. The zero-order valence-corrected chi connectivity index (χ0v) is 17.1. The Bertz CT molecular complexity index is 1230. The molecule has 0 unspecified atom stereocenters. The number of fused-ring (bicyclic) bond motifs is 2. The molecule has 0 fully saturated rings. The van der Waals surface area contributed by atoms with Crippen molar-refractivity contribution in [2.75, 3.05) is 14.2 Å². The lowest BCUT2D eigenvalue weighted by molar-refractivity contribution is 0.415. The topological polar surface area (TPSA) is 18.5 Å². The van der Waals surface area contributed by atoms with Gasteiger partial charge in [0.1, 0.15) is 11.5 Å². The Labute approximate surface area is 176 Å². The van der Waals surface area contributed by atoms with Crippen molar-refractivity contribution in [1.82, 2.24) is 0 Å². The maximum Gasteiger partial charge on any atom is 0.118 e. The molecule has 0 heterocycles. The Kier molecular flexibility index (Phi) is 4.61. The highest BCUT2D eigenvalue weighted by atomic mass is 16.5. The fourth-order valence-corrected chi connectivity index (χ4v) is 4.08. The summed E-state index contributed by atoms with van der Waals surface area (Å²) in [6, 6.07) is 34.1. The van der Waals surface area contributed by atoms with E-state index >= 15 is 0 Å². The molecule has 5 aromatic carbocycles. The van der Waals surface area contributed by atoms with Gasteiger partial charge in [-0.25, -0.2) is 0 Å². The molecule has 0 aliphatic carbocycles. The molecule has 0 saturated heterocycles. The first kappa shape index (κ1) is 18.3. The summed E-state index contributed by atoms with van der Waals surface area (Å²) in [7, 11) is 3.39. The summed E-state index contributed by atoms with van der Waals surface area (Å²) in [5.41, 5.74) is 4.79. The number of ether oxygens (including phenoxy) is 2. The summed E-state index contributed by atoms with van der Waals surface area (Å²) in [5, 5.41) is 4.97. The standard InChI is InChI=1S/C28H22O2/c1-29-23-11-7-19(8-12-23)25-15-16-26(20-9-13-24(30-2)14-10-20)28-18-22-6-4-3-5-21(22)17-27(25)28/h3-18H,1-2H3. The summed E-state index contributed by atoms with van der Waals surface area (Å²) < 4.78 is 10.7. The van der Waals surface area contributed by atoms with Gasteiger partial charge in [-0.15, -0.1) is 0 Å². The first-order valence-electron chi connectivity index (χ1n) is 10.0. The third-order valence-electron chi connectivity index (χ3n) is 5.68. The van der Waals surface area contributed by atoms with Crippen LogP contribution in [0.5, 0.6) is 11.5 Å². The number of hydrogen-bond acceptors (Lipinski definition) is 2. The molecular formula is C28H22O2. The predicted octanol–water partition coefficient (Wildman–Crippen LogP) is 7.34. The molecule has 0 radical (unpaired) electrons. The van der Waals surface area contributed by atoms with Gasteiger partial charge in [0.25, 0.3) is 0 Å². The predicted molar refractivity (Wildman–Crippen MR) is 125 cm³/mol. The van der Waals surface area contributed by atoms with Crippen LogP contribution in [0.4, 0.5) is 0 Å². The quantitative estimate of drug-likeness (QED) is 0.299. The minimum Gasteiger partial charge on any atom is -0.497 e. The van der Waals surface area contributed by atoms with Crippen LogP contribution in [0, 0.1) is 0 Å². The third-order valence-corrected chi connectivity index (χ3v) is 5.68. The summed E-state index contributed by atoms with van der Waals surface area (Å²) in [6.45, 7) is 0. The van der Waals surface area contributed by atoms with Crippen molar-refractivity contribution in [1.29, 1.82) is 0 Å². The van der Waals surface area contributed by atoms with Crippen LogP contribution in [-0.2, 0) is 0 Å². The van der Waals surface area contributed by atoms with Gasteiger partial charge in [-0.1, -0.05) is 60.7 Å². The lowest BCUT2D eigenvalue weighted by atomic mass is 9.90. The van der Waals surface area contributed by atoms with Gasteiger partial charge < -0.3 is 9.47 Å². The second-order valence-corrected chi connectivity index (χ2v) is 7.36. The van der Waals surface area contributed by atoms with E-state index in [1.165, 1.54) is 43.8 Å². The molecule has 2 nitrogen and oxygen atoms in total. The molecule has 30 heavy (non-hydrogen) atoms. The van der Waals surface area contributed by atoms with Gasteiger partial charge in [-0.05, 0) is 80.2 Å². The SMILES string of the molecule is COc1ccc(-c2ccc(-c3ccc(OC)cc3)c3cc4ccccc4cc23)cc1. The smallest absolute Gasteiger partial charge is 0.118 e. The lowest BCUT2D eigenvalue weighted by Crippen LogP contribution is -1.88. The second kappa shape index (κ2) is 7.57. The van der Waals surface area contributed by atoms with Gasteiger partial charge in [0.15, 0.2) is 0 Å². The molecule has 0 amide bonds. The number of hydrogen-bond donors (Lipinski definition) is 0. The summed E-state index contributed by atoms with van der Waals surface area (Å²) in [4.78, 5) is 0. The van der Waals surface area contributed by atoms with E-state index in [9.17, 15) is 0 Å². The van der Waals surface area contributed by atoms with Crippen LogP contribution < -0.4 is 9.47 Å². The molecule has 0 saturated carbocycles. The molecule has 0 spiro atoms. The first-order valence-corrected chi connectivity index (χ1v) is 10.0. The van der Waals surface area contributed by atoms with Crippen LogP contribution in [-0.4, -0.2) is 14.2 Å². The van der Waals surface area contributed by atoms with Crippen molar-refractivity contribution in [2.24, 2.45) is 0 Å². The molecule has 5 rings (SSSR count). The Morgan fingerprint density at radius 3 is 1.23 bits per heavy atom. The zero-order chi connectivity index (χ0) is 20.5. The maximum atomic E-state index is 5.34. The van der Waals surface area contributed by atoms with E-state index < -0.39 is 0 Å². The Morgan fingerprint density at radius 1 is 0.467 bits per heavy atom. The highest BCUT2D eigenvalue weighted by Gasteiger charge is 2.11. The number of methoxy groups -OCH3 is 2. The highest BCUT2D eigenvalue weighted by molar-refractivity contribution is 6.10. The van der Waals surface area contributed by atoms with Crippen molar-refractivity contribution in [3.05, 3.63) is 97.1 Å². The van der Waals surface area contributed by atoms with Crippen molar-refractivity contribution >= 4 is 21.5 Å². The molecule has 0 N–H and O–H groups in total. The van der Waals surface area contributed by atoms with Gasteiger partial charge in [-0.2, -0.15) is 0 Å². The van der Waals surface area contributed by atoms with Crippen molar-refractivity contribution in [3.8, 4) is 33.8 Å². The minimum absolute atomic E-state index is 0.864. The fourth-order valence-electron chi connectivity index (χ4n) is 4.08. The Balaban J connectivity index is 1.78. The van der Waals surface area contributed by atoms with Crippen molar-refractivity contribution < 1.29 is 9.47 Å². The van der Waals surface area contributed by atoms with Crippen LogP contribution >= 0.6 is 0 Å².